The van der Waals surface area contributed by atoms with Gasteiger partial charge in [-0.1, -0.05) is 19.9 Å². The monoisotopic (exact) mass is 248 g/mol. The van der Waals surface area contributed by atoms with Crippen LogP contribution in [0.15, 0.2) is 23.1 Å². The van der Waals surface area contributed by atoms with Crippen molar-refractivity contribution in [3.8, 4) is 0 Å². The molecular formula is C13H16N2O3. The van der Waals surface area contributed by atoms with Gasteiger partial charge in [-0.3, -0.25) is 19.7 Å². The summed E-state index contributed by atoms with van der Waals surface area (Å²) in [5.41, 5.74) is 0.785. The van der Waals surface area contributed by atoms with Crippen LogP contribution in [0.4, 0.5) is 0 Å². The molecule has 1 aliphatic rings. The molecular weight excluding hydrogens is 232 g/mol. The lowest BCUT2D eigenvalue weighted by Gasteiger charge is -2.23. The molecule has 1 atom stereocenters. The van der Waals surface area contributed by atoms with Gasteiger partial charge in [0.05, 0.1) is 0 Å². The first-order chi connectivity index (χ1) is 8.49. The number of pyridine rings is 1. The minimum atomic E-state index is -0.575. The zero-order valence-corrected chi connectivity index (χ0v) is 10.5. The Kier molecular flexibility index (Phi) is 3.32. The molecule has 1 aromatic heterocycles. The highest BCUT2D eigenvalue weighted by atomic mass is 16.2. The number of piperidine rings is 1. The van der Waals surface area contributed by atoms with Crippen molar-refractivity contribution in [2.24, 2.45) is 0 Å². The number of rotatable bonds is 2. The van der Waals surface area contributed by atoms with Crippen LogP contribution in [0.5, 0.6) is 0 Å². The maximum absolute atomic E-state index is 11.8. The van der Waals surface area contributed by atoms with Gasteiger partial charge in [0.15, 0.2) is 0 Å². The summed E-state index contributed by atoms with van der Waals surface area (Å²) in [7, 11) is 0. The van der Waals surface area contributed by atoms with Gasteiger partial charge >= 0.3 is 0 Å². The Balaban J connectivity index is 2.38. The Hall–Kier alpha value is -1.91. The van der Waals surface area contributed by atoms with Gasteiger partial charge in [0.1, 0.15) is 6.04 Å². The predicted octanol–water partition coefficient (Wildman–Crippen LogP) is 0.949. The van der Waals surface area contributed by atoms with Crippen LogP contribution in [-0.4, -0.2) is 16.4 Å². The number of carbonyl (C=O) groups excluding carboxylic acids is 2. The fourth-order valence-electron chi connectivity index (χ4n) is 2.05. The molecule has 0 saturated carbocycles. The van der Waals surface area contributed by atoms with Crippen LogP contribution in [-0.2, 0) is 9.59 Å². The van der Waals surface area contributed by atoms with E-state index in [4.69, 9.17) is 0 Å². The second kappa shape index (κ2) is 4.76. The van der Waals surface area contributed by atoms with Gasteiger partial charge in [-0.15, -0.1) is 0 Å². The third kappa shape index (κ3) is 2.34. The summed E-state index contributed by atoms with van der Waals surface area (Å²) in [6.45, 7) is 4.04. The summed E-state index contributed by atoms with van der Waals surface area (Å²) in [5.74, 6) is -0.385. The van der Waals surface area contributed by atoms with Gasteiger partial charge in [-0.05, 0) is 17.9 Å². The van der Waals surface area contributed by atoms with Crippen molar-refractivity contribution in [3.63, 3.8) is 0 Å². The molecule has 2 heterocycles. The van der Waals surface area contributed by atoms with Gasteiger partial charge in [0, 0.05) is 18.7 Å². The number of hydrogen-bond acceptors (Lipinski definition) is 3. The fraction of sp³-hybridized carbons (Fsp3) is 0.462. The van der Waals surface area contributed by atoms with Crippen LogP contribution in [0.25, 0.3) is 0 Å². The SMILES string of the molecule is CC(C)c1ccc(=O)n(C2CCC(=O)NC2=O)c1. The lowest BCUT2D eigenvalue weighted by Crippen LogP contribution is -2.44. The van der Waals surface area contributed by atoms with Crippen molar-refractivity contribution in [1.29, 1.82) is 0 Å². The van der Waals surface area contributed by atoms with E-state index in [-0.39, 0.29) is 23.8 Å². The largest absolute Gasteiger partial charge is 0.303 e. The molecule has 18 heavy (non-hydrogen) atoms. The van der Waals surface area contributed by atoms with Crippen molar-refractivity contribution >= 4 is 11.8 Å². The van der Waals surface area contributed by atoms with Gasteiger partial charge < -0.3 is 4.57 Å². The molecule has 1 fully saturated rings. The Morgan fingerprint density at radius 1 is 1.28 bits per heavy atom. The van der Waals surface area contributed by atoms with E-state index in [0.29, 0.717) is 6.42 Å². The highest BCUT2D eigenvalue weighted by molar-refractivity contribution is 5.99. The third-order valence-corrected chi connectivity index (χ3v) is 3.17. The lowest BCUT2D eigenvalue weighted by molar-refractivity contribution is -0.135. The van der Waals surface area contributed by atoms with Crippen molar-refractivity contribution in [2.45, 2.75) is 38.6 Å². The Morgan fingerprint density at radius 2 is 2.00 bits per heavy atom. The maximum Gasteiger partial charge on any atom is 0.251 e. The molecule has 0 radical (unpaired) electrons. The first-order valence-corrected chi connectivity index (χ1v) is 6.05. The van der Waals surface area contributed by atoms with Crippen LogP contribution in [0.1, 0.15) is 44.2 Å². The fourth-order valence-corrected chi connectivity index (χ4v) is 2.05. The summed E-state index contributed by atoms with van der Waals surface area (Å²) in [6.07, 6.45) is 2.37. The highest BCUT2D eigenvalue weighted by Gasteiger charge is 2.28. The normalized spacial score (nSPS) is 20.1. The molecule has 1 N–H and O–H groups in total. The molecule has 0 bridgehead atoms. The Labute approximate surface area is 105 Å². The van der Waals surface area contributed by atoms with E-state index in [1.807, 2.05) is 13.8 Å². The molecule has 2 amide bonds. The zero-order valence-electron chi connectivity index (χ0n) is 10.5. The lowest BCUT2D eigenvalue weighted by atomic mass is 10.0. The van der Waals surface area contributed by atoms with Crippen molar-refractivity contribution in [3.05, 3.63) is 34.2 Å². The molecule has 1 aromatic rings. The first-order valence-electron chi connectivity index (χ1n) is 6.05. The van der Waals surface area contributed by atoms with Crippen LogP contribution in [0, 0.1) is 0 Å². The summed E-state index contributed by atoms with van der Waals surface area (Å²) in [6, 6.07) is 2.67. The number of imide groups is 1. The van der Waals surface area contributed by atoms with Crippen molar-refractivity contribution in [2.75, 3.05) is 0 Å². The Bertz CT molecular complexity index is 545. The number of amides is 2. The molecule has 2 rings (SSSR count). The van der Waals surface area contributed by atoms with Crippen molar-refractivity contribution < 1.29 is 9.59 Å². The molecule has 0 aromatic carbocycles. The van der Waals surface area contributed by atoms with E-state index in [2.05, 4.69) is 5.32 Å². The van der Waals surface area contributed by atoms with Gasteiger partial charge in [-0.2, -0.15) is 0 Å². The summed E-state index contributed by atoms with van der Waals surface area (Å²) >= 11 is 0. The standard InChI is InChI=1S/C13H16N2O3/c1-8(2)9-3-6-12(17)15(7-9)10-4-5-11(16)14-13(10)18/h3,6-8,10H,4-5H2,1-2H3,(H,14,16,18). The zero-order chi connectivity index (χ0) is 13.3. The second-order valence-electron chi connectivity index (χ2n) is 4.83. The molecule has 1 aliphatic heterocycles. The number of aromatic nitrogens is 1. The predicted molar refractivity (Wildman–Crippen MR) is 66.2 cm³/mol. The van der Waals surface area contributed by atoms with Crippen LogP contribution < -0.4 is 10.9 Å². The molecule has 1 unspecified atom stereocenters. The van der Waals surface area contributed by atoms with E-state index >= 15 is 0 Å². The minimum absolute atomic E-state index is 0.214. The third-order valence-electron chi connectivity index (χ3n) is 3.17. The van der Waals surface area contributed by atoms with E-state index in [1.165, 1.54) is 10.6 Å². The number of hydrogen-bond donors (Lipinski definition) is 1. The van der Waals surface area contributed by atoms with Crippen LogP contribution >= 0.6 is 0 Å². The van der Waals surface area contributed by atoms with E-state index in [1.54, 1.807) is 12.3 Å². The number of carbonyl (C=O) groups is 2. The average molecular weight is 248 g/mol. The second-order valence-corrected chi connectivity index (χ2v) is 4.83. The van der Waals surface area contributed by atoms with Gasteiger partial charge in [0.2, 0.25) is 11.8 Å². The molecule has 0 spiro atoms. The minimum Gasteiger partial charge on any atom is -0.303 e. The average Bonchev–Trinajstić information content (AvgIpc) is 2.30. The van der Waals surface area contributed by atoms with Crippen molar-refractivity contribution in [1.82, 2.24) is 9.88 Å². The van der Waals surface area contributed by atoms with Crippen LogP contribution in [0.3, 0.4) is 0 Å². The topological polar surface area (TPSA) is 68.2 Å². The smallest absolute Gasteiger partial charge is 0.251 e. The molecule has 5 heteroatoms. The molecule has 0 aliphatic carbocycles. The summed E-state index contributed by atoms with van der Waals surface area (Å²) in [5, 5.41) is 2.27. The van der Waals surface area contributed by atoms with Crippen LogP contribution in [0.2, 0.25) is 0 Å². The van der Waals surface area contributed by atoms with E-state index in [0.717, 1.165) is 5.56 Å². The van der Waals surface area contributed by atoms with E-state index < -0.39 is 11.9 Å². The highest BCUT2D eigenvalue weighted by Crippen LogP contribution is 2.19. The first kappa shape index (κ1) is 12.5. The van der Waals surface area contributed by atoms with Gasteiger partial charge in [0.25, 0.3) is 5.56 Å². The number of nitrogens with one attached hydrogen (secondary N) is 1. The summed E-state index contributed by atoms with van der Waals surface area (Å²) < 4.78 is 1.43. The van der Waals surface area contributed by atoms with Gasteiger partial charge in [-0.25, -0.2) is 0 Å². The quantitative estimate of drug-likeness (QED) is 0.792. The molecule has 1 saturated heterocycles. The Morgan fingerprint density at radius 3 is 2.61 bits per heavy atom. The molecule has 5 nitrogen and oxygen atoms in total. The van der Waals surface area contributed by atoms with E-state index in [9.17, 15) is 14.4 Å². The maximum atomic E-state index is 11.8. The molecule has 96 valence electrons. The number of nitrogens with zero attached hydrogens (tertiary/aromatic N) is 1. The summed E-state index contributed by atoms with van der Waals surface area (Å²) in [4.78, 5) is 34.7.